The maximum absolute atomic E-state index is 13.3. The van der Waals surface area contributed by atoms with Gasteiger partial charge in [-0.1, -0.05) is 30.3 Å². The summed E-state index contributed by atoms with van der Waals surface area (Å²) in [5.74, 6) is -0.602. The molecule has 3 aromatic rings. The van der Waals surface area contributed by atoms with Gasteiger partial charge in [0.05, 0.1) is 14.6 Å². The number of nitrogens with one attached hydrogen (secondary N) is 2. The molecule has 1 aromatic heterocycles. The molecule has 0 saturated heterocycles. The van der Waals surface area contributed by atoms with E-state index < -0.39 is 27.5 Å². The number of benzene rings is 2. The Kier molecular flexibility index (Phi) is 8.50. The van der Waals surface area contributed by atoms with Crippen LogP contribution < -0.4 is 15.5 Å². The third-order valence-corrected chi connectivity index (χ3v) is 8.50. The Balaban J connectivity index is 1.92. The molecule has 194 valence electrons. The van der Waals surface area contributed by atoms with Gasteiger partial charge in [-0.3, -0.25) is 9.59 Å². The molecule has 0 bridgehead atoms. The molecular weight excluding hydrogens is 498 g/mol. The van der Waals surface area contributed by atoms with Crippen molar-refractivity contribution in [2.24, 2.45) is 0 Å². The van der Waals surface area contributed by atoms with Crippen molar-refractivity contribution in [3.63, 3.8) is 0 Å². The van der Waals surface area contributed by atoms with Crippen molar-refractivity contribution in [1.82, 2.24) is 14.6 Å². The van der Waals surface area contributed by atoms with Crippen LogP contribution in [-0.4, -0.2) is 19.5 Å². The molecule has 37 heavy (non-hydrogen) atoms. The fourth-order valence-corrected chi connectivity index (χ4v) is 5.39. The number of aryl methyl sites for hydroxylation is 1. The van der Waals surface area contributed by atoms with Crippen LogP contribution in [0.4, 0.5) is 8.78 Å². The summed E-state index contributed by atoms with van der Waals surface area (Å²) in [6, 6.07) is 12.2. The van der Waals surface area contributed by atoms with E-state index in [4.69, 9.17) is 5.26 Å². The first-order chi connectivity index (χ1) is 17.5. The molecule has 0 aliphatic carbocycles. The first-order valence-electron chi connectivity index (χ1n) is 11.5. The molecule has 10 heteroatoms. The van der Waals surface area contributed by atoms with Crippen molar-refractivity contribution in [3.05, 3.63) is 87.3 Å². The summed E-state index contributed by atoms with van der Waals surface area (Å²) >= 11 is 0. The predicted octanol–water partition coefficient (Wildman–Crippen LogP) is 4.55. The Labute approximate surface area is 214 Å². The van der Waals surface area contributed by atoms with E-state index in [1.165, 1.54) is 24.4 Å². The number of aromatic nitrogens is 1. The summed E-state index contributed by atoms with van der Waals surface area (Å²) in [5.41, 5.74) is 0.942. The highest BCUT2D eigenvalue weighted by molar-refractivity contribution is 8.00. The number of nitriles is 1. The third-order valence-electron chi connectivity index (χ3n) is 6.03. The van der Waals surface area contributed by atoms with Crippen molar-refractivity contribution in [2.45, 2.75) is 52.1 Å². The second kappa shape index (κ2) is 11.4. The van der Waals surface area contributed by atoms with Gasteiger partial charge in [0.2, 0.25) is 5.43 Å². The number of carbonyl (C=O) groups excluding carboxylic acids is 1. The smallest absolute Gasteiger partial charge is 0.263 e. The van der Waals surface area contributed by atoms with Crippen LogP contribution >= 0.6 is 0 Å². The van der Waals surface area contributed by atoms with E-state index in [1.54, 1.807) is 61.9 Å². The zero-order chi connectivity index (χ0) is 27.3. The molecule has 2 N–H and O–H groups in total. The largest absolute Gasteiger partial charge is 0.350 e. The molecular formula is C27H28F2N4O3S. The average molecular weight is 527 g/mol. The molecule has 1 heterocycles. The van der Waals surface area contributed by atoms with Gasteiger partial charge < -0.3 is 9.88 Å². The lowest BCUT2D eigenvalue weighted by molar-refractivity contribution is 0.0949. The van der Waals surface area contributed by atoms with Crippen LogP contribution in [0.3, 0.4) is 0 Å². The highest BCUT2D eigenvalue weighted by atomic mass is 32.2. The van der Waals surface area contributed by atoms with Crippen LogP contribution in [0.1, 0.15) is 54.4 Å². The van der Waals surface area contributed by atoms with Crippen LogP contribution in [0.5, 0.6) is 0 Å². The number of rotatable bonds is 8. The quantitative estimate of drug-likeness (QED) is 0.255. The van der Waals surface area contributed by atoms with E-state index in [-0.39, 0.29) is 23.2 Å². The molecule has 0 aliphatic rings. The van der Waals surface area contributed by atoms with Crippen LogP contribution in [-0.2, 0) is 22.8 Å². The van der Waals surface area contributed by atoms with Gasteiger partial charge in [0.1, 0.15) is 5.56 Å². The highest BCUT2D eigenvalue weighted by Gasteiger charge is 2.20. The summed E-state index contributed by atoms with van der Waals surface area (Å²) in [5, 5.41) is 11.7. The minimum Gasteiger partial charge on any atom is -0.350 e. The number of amides is 1. The van der Waals surface area contributed by atoms with E-state index in [2.05, 4.69) is 10.0 Å². The van der Waals surface area contributed by atoms with Crippen LogP contribution in [0.2, 0.25) is 0 Å². The normalized spacial score (nSPS) is 12.5. The van der Waals surface area contributed by atoms with Gasteiger partial charge in [-0.15, -0.1) is 0 Å². The summed E-state index contributed by atoms with van der Waals surface area (Å²) in [4.78, 5) is 27.4. The number of alkyl halides is 2. The van der Waals surface area contributed by atoms with E-state index in [9.17, 15) is 22.6 Å². The lowest BCUT2D eigenvalue weighted by Gasteiger charge is -2.16. The van der Waals surface area contributed by atoms with Crippen molar-refractivity contribution in [1.29, 1.82) is 5.26 Å². The molecule has 1 unspecified atom stereocenters. The van der Waals surface area contributed by atoms with Crippen molar-refractivity contribution < 1.29 is 17.8 Å². The topological polar surface area (TPSA) is 104 Å². The van der Waals surface area contributed by atoms with Gasteiger partial charge in [0.15, 0.2) is 6.19 Å². The maximum Gasteiger partial charge on any atom is 0.263 e. The molecule has 1 atom stereocenters. The molecule has 0 aliphatic heterocycles. The Morgan fingerprint density at radius 2 is 1.84 bits per heavy atom. The summed E-state index contributed by atoms with van der Waals surface area (Å²) < 4.78 is 43.7. The number of nitrogens with zero attached hydrogens (tertiary/aromatic N) is 2. The molecule has 3 rings (SSSR count). The molecule has 0 saturated carbocycles. The van der Waals surface area contributed by atoms with Gasteiger partial charge in [0.25, 0.3) is 12.3 Å². The molecule has 0 radical (unpaired) electrons. The van der Waals surface area contributed by atoms with Crippen molar-refractivity contribution in [3.8, 4) is 17.3 Å². The van der Waals surface area contributed by atoms with Crippen LogP contribution in [0, 0.1) is 18.4 Å². The van der Waals surface area contributed by atoms with Gasteiger partial charge in [-0.25, -0.2) is 17.7 Å². The van der Waals surface area contributed by atoms with Crippen LogP contribution in [0.25, 0.3) is 11.1 Å². The van der Waals surface area contributed by atoms with Crippen LogP contribution in [0.15, 0.2) is 64.4 Å². The van der Waals surface area contributed by atoms with E-state index in [0.717, 1.165) is 0 Å². The number of hydrogen-bond donors (Lipinski definition) is 2. The molecule has 0 fully saturated rings. The van der Waals surface area contributed by atoms with Gasteiger partial charge in [-0.2, -0.15) is 5.26 Å². The highest BCUT2D eigenvalue weighted by Crippen LogP contribution is 2.26. The fourth-order valence-electron chi connectivity index (χ4n) is 3.95. The lowest BCUT2D eigenvalue weighted by Crippen LogP contribution is -2.31. The van der Waals surface area contributed by atoms with E-state index in [1.807, 2.05) is 6.92 Å². The van der Waals surface area contributed by atoms with Gasteiger partial charge in [-0.05, 0) is 57.0 Å². The average Bonchev–Trinajstić information content (AvgIpc) is 2.88. The zero-order valence-electron chi connectivity index (χ0n) is 21.0. The van der Waals surface area contributed by atoms with Gasteiger partial charge >= 0.3 is 0 Å². The molecule has 2 aromatic carbocycles. The molecule has 7 nitrogen and oxygen atoms in total. The van der Waals surface area contributed by atoms with Crippen molar-refractivity contribution in [2.75, 3.05) is 0 Å². The minimum atomic E-state index is -2.86. The second-order valence-corrected chi connectivity index (χ2v) is 11.2. The Morgan fingerprint density at radius 3 is 2.41 bits per heavy atom. The first kappa shape index (κ1) is 27.6. The van der Waals surface area contributed by atoms with E-state index in [0.29, 0.717) is 33.1 Å². The SMILES string of the molecule is CCn1cc(C(=O)NCc2ccc(S(=O)(NC#N)=C(C)C)cc2)c(=O)c(-c2cccc(C(F)F)c2)c1C. The summed E-state index contributed by atoms with van der Waals surface area (Å²) in [6.07, 6.45) is 0.518. The minimum absolute atomic E-state index is 0.0937. The standard InChI is InChI=1S/C27H28F2N4O3S/c1-5-33-15-23(25(34)24(18(33)4)20-7-6-8-21(13-20)26(28)29)27(35)31-14-19-9-11-22(12-10-19)37(36,17(2)3)32-16-30/h6-13,15,26H,5,14H2,1-4H3,(H,31,35)(H,32,36). The summed E-state index contributed by atoms with van der Waals surface area (Å²) in [7, 11) is -2.86. The predicted molar refractivity (Wildman–Crippen MR) is 141 cm³/mol. The Hall–Kier alpha value is -3.97. The Bertz CT molecular complexity index is 1540. The number of pyridine rings is 1. The van der Waals surface area contributed by atoms with E-state index >= 15 is 0 Å². The fraction of sp³-hybridized carbons (Fsp3) is 0.259. The molecule has 1 amide bonds. The van der Waals surface area contributed by atoms with Gasteiger partial charge in [0, 0.05) is 41.0 Å². The maximum atomic E-state index is 13.3. The number of halogens is 2. The lowest BCUT2D eigenvalue weighted by atomic mass is 9.99. The third kappa shape index (κ3) is 5.73. The first-order valence-corrected chi connectivity index (χ1v) is 13.1. The monoisotopic (exact) mass is 526 g/mol. The summed E-state index contributed by atoms with van der Waals surface area (Å²) in [6.45, 7) is 7.48. The second-order valence-electron chi connectivity index (χ2n) is 8.55. The number of hydrogen-bond acceptors (Lipinski definition) is 4. The van der Waals surface area contributed by atoms with Crippen molar-refractivity contribution >= 4 is 20.5 Å². The zero-order valence-corrected chi connectivity index (χ0v) is 21.8. The Morgan fingerprint density at radius 1 is 1.16 bits per heavy atom. The number of carbonyl (C=O) groups is 1. The molecule has 0 spiro atoms.